The number of anilines is 1. The molecule has 2 N–H and O–H groups in total. The number of nitrogens with zero attached hydrogens (tertiary/aromatic N) is 6. The molecule has 222 valence electrons. The average Bonchev–Trinajstić information content (AvgIpc) is 3.41. The maximum atomic E-state index is 14.3. The number of aromatic nitrogens is 5. The van der Waals surface area contributed by atoms with Gasteiger partial charge in [-0.15, -0.1) is 0 Å². The van der Waals surface area contributed by atoms with Gasteiger partial charge in [-0.1, -0.05) is 0 Å². The first-order chi connectivity index (χ1) is 21.0. The zero-order valence-electron chi connectivity index (χ0n) is 23.6. The molecule has 6 rings (SSSR count). The molecule has 1 amide bonds. The Labute approximate surface area is 246 Å². The molecule has 0 radical (unpaired) electrons. The molecule has 43 heavy (non-hydrogen) atoms. The number of ether oxygens (including phenoxy) is 2. The lowest BCUT2D eigenvalue weighted by molar-refractivity contribution is 0.0383. The number of nitrogens with one attached hydrogen (secondary N) is 2. The van der Waals surface area contributed by atoms with Crippen molar-refractivity contribution >= 4 is 33.5 Å². The van der Waals surface area contributed by atoms with Gasteiger partial charge >= 0.3 is 0 Å². The maximum Gasteiger partial charge on any atom is 0.266 e. The van der Waals surface area contributed by atoms with Gasteiger partial charge in [0, 0.05) is 62.6 Å². The molecule has 4 aromatic heterocycles. The number of benzene rings is 1. The Morgan fingerprint density at radius 1 is 1.07 bits per heavy atom. The number of carbonyl (C=O) groups is 1. The van der Waals surface area contributed by atoms with Gasteiger partial charge in [-0.25, -0.2) is 14.1 Å². The third kappa shape index (κ3) is 6.17. The van der Waals surface area contributed by atoms with E-state index in [1.165, 1.54) is 22.9 Å². The molecular weight excluding hydrogens is 555 g/mol. The minimum absolute atomic E-state index is 0.245. The molecule has 1 saturated heterocycles. The van der Waals surface area contributed by atoms with Crippen LogP contribution in [-0.4, -0.2) is 88.2 Å². The number of morpholine rings is 1. The summed E-state index contributed by atoms with van der Waals surface area (Å²) < 4.78 is 27.9. The Kier molecular flexibility index (Phi) is 8.24. The molecule has 1 aliphatic heterocycles. The Hall–Kier alpha value is -4.88. The zero-order chi connectivity index (χ0) is 29.8. The highest BCUT2D eigenvalue weighted by Gasteiger charge is 2.18. The van der Waals surface area contributed by atoms with E-state index in [0.29, 0.717) is 71.9 Å². The largest absolute Gasteiger partial charge is 0.495 e. The van der Waals surface area contributed by atoms with Crippen molar-refractivity contribution in [2.24, 2.45) is 0 Å². The molecule has 12 nitrogen and oxygen atoms in total. The average molecular weight is 587 g/mol. The number of amides is 1. The number of halogens is 1. The Morgan fingerprint density at radius 2 is 1.93 bits per heavy atom. The molecule has 1 aliphatic rings. The van der Waals surface area contributed by atoms with Crippen LogP contribution in [0.2, 0.25) is 0 Å². The molecule has 0 unspecified atom stereocenters. The standard InChI is InChI=1S/C30H31FN8O4/c1-42-21-17-25-29(35-18-21)24(6-7-32-25)33-9-11-39-28(40)5-4-27(36-39)38-19-23(22-3-2-20(31)16-26(22)38)30(41)34-8-10-37-12-14-43-15-13-37/h2-7,16-19H,8-15H2,1H3,(H,32,33)(H,34,41). The van der Waals surface area contributed by atoms with E-state index in [1.807, 2.05) is 6.07 Å². The van der Waals surface area contributed by atoms with Crippen LogP contribution >= 0.6 is 0 Å². The molecule has 0 spiro atoms. The van der Waals surface area contributed by atoms with Crippen LogP contribution in [0.5, 0.6) is 5.75 Å². The third-order valence-corrected chi connectivity index (χ3v) is 7.36. The molecule has 1 fully saturated rings. The molecule has 13 heteroatoms. The second-order valence-corrected chi connectivity index (χ2v) is 10.1. The molecule has 0 atom stereocenters. The second kappa shape index (κ2) is 12.5. The van der Waals surface area contributed by atoms with Crippen molar-refractivity contribution in [2.75, 3.05) is 58.4 Å². The maximum absolute atomic E-state index is 14.3. The van der Waals surface area contributed by atoms with Crippen molar-refractivity contribution in [3.63, 3.8) is 0 Å². The van der Waals surface area contributed by atoms with E-state index in [4.69, 9.17) is 9.47 Å². The van der Waals surface area contributed by atoms with Crippen molar-refractivity contribution in [3.05, 3.63) is 82.8 Å². The smallest absolute Gasteiger partial charge is 0.266 e. The van der Waals surface area contributed by atoms with Crippen LogP contribution in [0.1, 0.15) is 10.4 Å². The summed E-state index contributed by atoms with van der Waals surface area (Å²) in [5, 5.41) is 11.4. The summed E-state index contributed by atoms with van der Waals surface area (Å²) in [5.74, 6) is 0.276. The highest BCUT2D eigenvalue weighted by atomic mass is 19.1. The molecule has 5 heterocycles. The number of hydrogen-bond donors (Lipinski definition) is 2. The van der Waals surface area contributed by atoms with Gasteiger partial charge in [0.05, 0.1) is 55.3 Å². The fourth-order valence-electron chi connectivity index (χ4n) is 5.11. The first-order valence-electron chi connectivity index (χ1n) is 14.0. The van der Waals surface area contributed by atoms with Gasteiger partial charge in [0.15, 0.2) is 5.82 Å². The SMILES string of the molecule is COc1cnc2c(NCCn3nc(-n4cc(C(=O)NCCN5CCOCC5)c5ccc(F)cc54)ccc3=O)ccnc2c1. The quantitative estimate of drug-likeness (QED) is 0.254. The Balaban J connectivity index is 1.21. The van der Waals surface area contributed by atoms with Crippen molar-refractivity contribution in [1.29, 1.82) is 0 Å². The Bertz CT molecular complexity index is 1830. The number of rotatable bonds is 10. The third-order valence-electron chi connectivity index (χ3n) is 7.36. The predicted octanol–water partition coefficient (Wildman–Crippen LogP) is 2.45. The van der Waals surface area contributed by atoms with E-state index in [2.05, 4.69) is 30.6 Å². The van der Waals surface area contributed by atoms with Gasteiger partial charge in [0.25, 0.3) is 11.5 Å². The van der Waals surface area contributed by atoms with E-state index >= 15 is 0 Å². The molecule has 0 bridgehead atoms. The van der Waals surface area contributed by atoms with Crippen molar-refractivity contribution in [3.8, 4) is 11.6 Å². The summed E-state index contributed by atoms with van der Waals surface area (Å²) >= 11 is 0. The number of hydrogen-bond acceptors (Lipinski definition) is 9. The molecule has 0 aliphatic carbocycles. The summed E-state index contributed by atoms with van der Waals surface area (Å²) in [6, 6.07) is 10.8. The van der Waals surface area contributed by atoms with Crippen LogP contribution in [0, 0.1) is 5.82 Å². The number of pyridine rings is 2. The summed E-state index contributed by atoms with van der Waals surface area (Å²) in [7, 11) is 1.57. The van der Waals surface area contributed by atoms with E-state index < -0.39 is 5.82 Å². The van der Waals surface area contributed by atoms with Crippen LogP contribution in [0.3, 0.4) is 0 Å². The highest BCUT2D eigenvalue weighted by Crippen LogP contribution is 2.25. The summed E-state index contributed by atoms with van der Waals surface area (Å²) in [4.78, 5) is 36.9. The molecule has 0 saturated carbocycles. The van der Waals surface area contributed by atoms with Crippen LogP contribution in [-0.2, 0) is 11.3 Å². The summed E-state index contributed by atoms with van der Waals surface area (Å²) in [6.45, 7) is 4.84. The molecule has 5 aromatic rings. The van der Waals surface area contributed by atoms with Gasteiger partial charge in [0.2, 0.25) is 0 Å². The van der Waals surface area contributed by atoms with Crippen molar-refractivity contribution in [2.45, 2.75) is 6.54 Å². The van der Waals surface area contributed by atoms with Gasteiger partial charge in [-0.2, -0.15) is 5.10 Å². The topological polar surface area (TPSA) is 128 Å². The normalized spacial score (nSPS) is 13.8. The van der Waals surface area contributed by atoms with Crippen LogP contribution in [0.25, 0.3) is 27.8 Å². The molecule has 1 aromatic carbocycles. The summed E-state index contributed by atoms with van der Waals surface area (Å²) in [6.07, 6.45) is 4.92. The number of fused-ring (bicyclic) bond motifs is 2. The van der Waals surface area contributed by atoms with E-state index in [-0.39, 0.29) is 18.0 Å². The van der Waals surface area contributed by atoms with E-state index in [0.717, 1.165) is 18.8 Å². The fourth-order valence-corrected chi connectivity index (χ4v) is 5.11. The lowest BCUT2D eigenvalue weighted by Crippen LogP contribution is -2.41. The monoisotopic (exact) mass is 586 g/mol. The van der Waals surface area contributed by atoms with E-state index in [1.54, 1.807) is 48.5 Å². The lowest BCUT2D eigenvalue weighted by Gasteiger charge is -2.26. The van der Waals surface area contributed by atoms with Gasteiger partial charge in [-0.05, 0) is 30.3 Å². The minimum Gasteiger partial charge on any atom is -0.495 e. The first-order valence-corrected chi connectivity index (χ1v) is 14.0. The van der Waals surface area contributed by atoms with Crippen molar-refractivity contribution in [1.82, 2.24) is 34.5 Å². The van der Waals surface area contributed by atoms with Gasteiger partial charge < -0.3 is 20.1 Å². The predicted molar refractivity (Wildman–Crippen MR) is 159 cm³/mol. The Morgan fingerprint density at radius 3 is 2.77 bits per heavy atom. The minimum atomic E-state index is -0.445. The lowest BCUT2D eigenvalue weighted by atomic mass is 10.1. The second-order valence-electron chi connectivity index (χ2n) is 10.1. The highest BCUT2D eigenvalue weighted by molar-refractivity contribution is 6.07. The number of carbonyl (C=O) groups excluding carboxylic acids is 1. The van der Waals surface area contributed by atoms with E-state index in [9.17, 15) is 14.0 Å². The van der Waals surface area contributed by atoms with Crippen LogP contribution < -0.4 is 20.9 Å². The number of methoxy groups -OCH3 is 1. The fraction of sp³-hybridized carbons (Fsp3) is 0.300. The van der Waals surface area contributed by atoms with Gasteiger partial charge in [-0.3, -0.25) is 24.0 Å². The van der Waals surface area contributed by atoms with Gasteiger partial charge in [0.1, 0.15) is 17.1 Å². The van der Waals surface area contributed by atoms with Crippen LogP contribution in [0.15, 0.2) is 65.8 Å². The van der Waals surface area contributed by atoms with Crippen molar-refractivity contribution < 1.29 is 18.7 Å². The van der Waals surface area contributed by atoms with Crippen LogP contribution in [0.4, 0.5) is 10.1 Å². The zero-order valence-corrected chi connectivity index (χ0v) is 23.6. The first kappa shape index (κ1) is 28.2. The molecular formula is C30H31FN8O4. The summed E-state index contributed by atoms with van der Waals surface area (Å²) in [5.41, 5.74) is 2.68.